The van der Waals surface area contributed by atoms with Gasteiger partial charge in [-0.2, -0.15) is 0 Å². The van der Waals surface area contributed by atoms with Crippen molar-refractivity contribution in [3.05, 3.63) is 23.1 Å². The first-order valence-electron chi connectivity index (χ1n) is 3.63. The van der Waals surface area contributed by atoms with Crippen molar-refractivity contribution in [1.29, 1.82) is 0 Å². The Kier molecular flexibility index (Phi) is 3.33. The van der Waals surface area contributed by atoms with Crippen LogP contribution in [0.25, 0.3) is 0 Å². The van der Waals surface area contributed by atoms with Gasteiger partial charge in [-0.1, -0.05) is 0 Å². The van der Waals surface area contributed by atoms with Crippen LogP contribution in [-0.4, -0.2) is 18.2 Å². The molecule has 0 aromatic carbocycles. The predicted octanol–water partition coefficient (Wildman–Crippen LogP) is 1.53. The van der Waals surface area contributed by atoms with Crippen molar-refractivity contribution in [2.45, 2.75) is 12.5 Å². The molecule has 0 amide bonds. The summed E-state index contributed by atoms with van der Waals surface area (Å²) >= 11 is 5.48. The molecule has 1 aromatic heterocycles. The highest BCUT2D eigenvalue weighted by atomic mass is 35.5. The van der Waals surface area contributed by atoms with Gasteiger partial charge < -0.3 is 14.3 Å². The van der Waals surface area contributed by atoms with E-state index in [0.29, 0.717) is 0 Å². The van der Waals surface area contributed by atoms with E-state index in [4.69, 9.17) is 16.0 Å². The van der Waals surface area contributed by atoms with E-state index in [1.54, 1.807) is 0 Å². The summed E-state index contributed by atoms with van der Waals surface area (Å²) in [6.07, 6.45) is -1.14. The molecule has 72 valence electrons. The Hall–Kier alpha value is -1.00. The van der Waals surface area contributed by atoms with Crippen LogP contribution in [0.1, 0.15) is 18.3 Å². The average Bonchev–Trinajstić information content (AvgIpc) is 2.51. The van der Waals surface area contributed by atoms with Crippen molar-refractivity contribution in [3.63, 3.8) is 0 Å². The topological polar surface area (TPSA) is 59.7 Å². The molecule has 0 aliphatic rings. The number of halogens is 1. The first-order valence-corrected chi connectivity index (χ1v) is 4.01. The lowest BCUT2D eigenvalue weighted by Crippen LogP contribution is -2.07. The second-order valence-electron chi connectivity index (χ2n) is 2.44. The van der Waals surface area contributed by atoms with Crippen LogP contribution in [0.5, 0.6) is 0 Å². The maximum absolute atomic E-state index is 10.7. The zero-order valence-corrected chi connectivity index (χ0v) is 7.75. The molecule has 1 N–H and O–H groups in total. The molecule has 1 atom stereocenters. The maximum Gasteiger partial charge on any atom is 0.308 e. The van der Waals surface area contributed by atoms with E-state index in [2.05, 4.69) is 4.74 Å². The van der Waals surface area contributed by atoms with E-state index in [0.717, 1.165) is 0 Å². The standard InChI is InChI=1S/C8H9ClO4/c1-12-8(11)4-5(10)6-2-3-7(9)13-6/h2-3,5,10H,4H2,1H3/t5-/m0/s1. The number of esters is 1. The fraction of sp³-hybridized carbons (Fsp3) is 0.375. The number of rotatable bonds is 3. The van der Waals surface area contributed by atoms with Crippen LogP contribution in [0, 0.1) is 0 Å². The molecule has 0 saturated carbocycles. The number of hydrogen-bond acceptors (Lipinski definition) is 4. The van der Waals surface area contributed by atoms with Gasteiger partial charge in [-0.25, -0.2) is 0 Å². The summed E-state index contributed by atoms with van der Waals surface area (Å²) < 4.78 is 9.27. The minimum absolute atomic E-state index is 0.139. The zero-order valence-electron chi connectivity index (χ0n) is 6.99. The van der Waals surface area contributed by atoms with Gasteiger partial charge in [0.15, 0.2) is 5.22 Å². The van der Waals surface area contributed by atoms with Crippen LogP contribution in [0.3, 0.4) is 0 Å². The van der Waals surface area contributed by atoms with Gasteiger partial charge in [0.1, 0.15) is 11.9 Å². The van der Waals surface area contributed by atoms with Crippen molar-refractivity contribution < 1.29 is 19.1 Å². The van der Waals surface area contributed by atoms with Crippen LogP contribution < -0.4 is 0 Å². The number of furan rings is 1. The molecule has 0 fully saturated rings. The number of hydrogen-bond donors (Lipinski definition) is 1. The Morgan fingerprint density at radius 3 is 2.92 bits per heavy atom. The molecule has 0 saturated heterocycles. The summed E-state index contributed by atoms with van der Waals surface area (Å²) in [7, 11) is 1.25. The molecule has 5 heteroatoms. The zero-order chi connectivity index (χ0) is 9.84. The summed E-state index contributed by atoms with van der Waals surface area (Å²) in [5.74, 6) is -0.240. The summed E-state index contributed by atoms with van der Waals surface area (Å²) in [6, 6.07) is 3.01. The van der Waals surface area contributed by atoms with Gasteiger partial charge in [-0.15, -0.1) is 0 Å². The third-order valence-corrected chi connectivity index (χ3v) is 1.71. The molecule has 0 spiro atoms. The molecule has 1 heterocycles. The lowest BCUT2D eigenvalue weighted by molar-refractivity contribution is -0.143. The Bertz CT molecular complexity index is 294. The normalized spacial score (nSPS) is 12.5. The van der Waals surface area contributed by atoms with Gasteiger partial charge in [0.25, 0.3) is 0 Å². The number of carbonyl (C=O) groups is 1. The predicted molar refractivity (Wildman–Crippen MR) is 45.3 cm³/mol. The lowest BCUT2D eigenvalue weighted by Gasteiger charge is -2.04. The Morgan fingerprint density at radius 2 is 2.46 bits per heavy atom. The largest absolute Gasteiger partial charge is 0.469 e. The minimum atomic E-state index is -1.00. The van der Waals surface area contributed by atoms with Gasteiger partial charge in [0, 0.05) is 0 Å². The van der Waals surface area contributed by atoms with E-state index in [9.17, 15) is 9.90 Å². The van der Waals surface area contributed by atoms with Crippen LogP contribution in [0.2, 0.25) is 5.22 Å². The number of methoxy groups -OCH3 is 1. The minimum Gasteiger partial charge on any atom is -0.469 e. The van der Waals surface area contributed by atoms with E-state index in [1.807, 2.05) is 0 Å². The monoisotopic (exact) mass is 204 g/mol. The lowest BCUT2D eigenvalue weighted by atomic mass is 10.2. The van der Waals surface area contributed by atoms with Crippen molar-refractivity contribution >= 4 is 17.6 Å². The summed E-state index contributed by atoms with van der Waals surface area (Å²) in [5, 5.41) is 9.56. The molecule has 0 radical (unpaired) electrons. The third kappa shape index (κ3) is 2.75. The molecule has 4 nitrogen and oxygen atoms in total. The van der Waals surface area contributed by atoms with Gasteiger partial charge in [0.2, 0.25) is 0 Å². The second-order valence-corrected chi connectivity index (χ2v) is 2.81. The van der Waals surface area contributed by atoms with Crippen molar-refractivity contribution in [1.82, 2.24) is 0 Å². The SMILES string of the molecule is COC(=O)C[C@H](O)c1ccc(Cl)o1. The Labute approximate surface area is 80.1 Å². The highest BCUT2D eigenvalue weighted by Gasteiger charge is 2.16. The fourth-order valence-electron chi connectivity index (χ4n) is 0.849. The molecule has 0 unspecified atom stereocenters. The van der Waals surface area contributed by atoms with Gasteiger partial charge in [-0.05, 0) is 23.7 Å². The number of ether oxygens (including phenoxy) is 1. The van der Waals surface area contributed by atoms with Crippen molar-refractivity contribution in [3.8, 4) is 0 Å². The molecular weight excluding hydrogens is 196 g/mol. The van der Waals surface area contributed by atoms with Crippen molar-refractivity contribution in [2.24, 2.45) is 0 Å². The summed E-state index contributed by atoms with van der Waals surface area (Å²) in [5.41, 5.74) is 0. The molecular formula is C8H9ClO4. The van der Waals surface area contributed by atoms with E-state index in [-0.39, 0.29) is 17.4 Å². The van der Waals surface area contributed by atoms with E-state index in [1.165, 1.54) is 19.2 Å². The van der Waals surface area contributed by atoms with Gasteiger partial charge in [0.05, 0.1) is 13.5 Å². The third-order valence-electron chi connectivity index (χ3n) is 1.51. The Morgan fingerprint density at radius 1 is 1.77 bits per heavy atom. The summed E-state index contributed by atoms with van der Waals surface area (Å²) in [4.78, 5) is 10.7. The second kappa shape index (κ2) is 4.30. The molecule has 0 aliphatic heterocycles. The number of aliphatic hydroxyl groups is 1. The average molecular weight is 205 g/mol. The Balaban J connectivity index is 2.58. The number of carbonyl (C=O) groups excluding carboxylic acids is 1. The van der Waals surface area contributed by atoms with Crippen LogP contribution in [0.4, 0.5) is 0 Å². The fourth-order valence-corrected chi connectivity index (χ4v) is 1.00. The van der Waals surface area contributed by atoms with Gasteiger partial charge in [-0.3, -0.25) is 4.79 Å². The highest BCUT2D eigenvalue weighted by molar-refractivity contribution is 6.28. The van der Waals surface area contributed by atoms with Crippen LogP contribution in [0.15, 0.2) is 16.5 Å². The first-order chi connectivity index (χ1) is 6.13. The maximum atomic E-state index is 10.7. The van der Waals surface area contributed by atoms with Crippen LogP contribution in [-0.2, 0) is 9.53 Å². The molecule has 13 heavy (non-hydrogen) atoms. The quantitative estimate of drug-likeness (QED) is 0.759. The van der Waals surface area contributed by atoms with Gasteiger partial charge >= 0.3 is 5.97 Å². The smallest absolute Gasteiger partial charge is 0.308 e. The summed E-state index contributed by atoms with van der Waals surface area (Å²) in [6.45, 7) is 0. The molecule has 0 aliphatic carbocycles. The molecule has 1 rings (SSSR count). The first kappa shape index (κ1) is 10.1. The van der Waals surface area contributed by atoms with Crippen molar-refractivity contribution in [2.75, 3.05) is 7.11 Å². The molecule has 0 bridgehead atoms. The highest BCUT2D eigenvalue weighted by Crippen LogP contribution is 2.22. The van der Waals surface area contributed by atoms with E-state index >= 15 is 0 Å². The molecule has 1 aromatic rings. The number of aliphatic hydroxyl groups excluding tert-OH is 1. The van der Waals surface area contributed by atoms with E-state index < -0.39 is 12.1 Å². The van der Waals surface area contributed by atoms with Crippen LogP contribution >= 0.6 is 11.6 Å².